The molecule has 1 aliphatic rings. The fraction of sp³-hybridized carbons (Fsp3) is 0.320. The van der Waals surface area contributed by atoms with Gasteiger partial charge in [0.1, 0.15) is 5.75 Å². The Labute approximate surface area is 194 Å². The summed E-state index contributed by atoms with van der Waals surface area (Å²) >= 11 is 0. The van der Waals surface area contributed by atoms with Crippen LogP contribution in [0.3, 0.4) is 0 Å². The van der Waals surface area contributed by atoms with E-state index in [0.717, 1.165) is 40.5 Å². The van der Waals surface area contributed by atoms with Crippen LogP contribution in [-0.2, 0) is 14.8 Å². The number of hydrogen-bond acceptors (Lipinski definition) is 4. The number of sulfonamides is 1. The lowest BCUT2D eigenvalue weighted by Crippen LogP contribution is -2.39. The first-order valence-corrected chi connectivity index (χ1v) is 12.7. The van der Waals surface area contributed by atoms with E-state index in [9.17, 15) is 13.2 Å². The van der Waals surface area contributed by atoms with Gasteiger partial charge in [-0.15, -0.1) is 0 Å². The number of amides is 1. The Balaban J connectivity index is 1.26. The number of nitrogens with zero attached hydrogens (tertiary/aromatic N) is 1. The summed E-state index contributed by atoms with van der Waals surface area (Å²) in [5.41, 5.74) is 3.14. The van der Waals surface area contributed by atoms with Crippen molar-refractivity contribution in [1.82, 2.24) is 14.6 Å². The topological polar surface area (TPSA) is 91.5 Å². The molecule has 0 unspecified atom stereocenters. The number of hydrogen-bond donors (Lipinski definition) is 2. The van der Waals surface area contributed by atoms with Gasteiger partial charge in [-0.05, 0) is 54.2 Å². The summed E-state index contributed by atoms with van der Waals surface area (Å²) in [6, 6.07) is 15.2. The molecule has 8 heteroatoms. The number of fused-ring (bicyclic) bond motifs is 1. The van der Waals surface area contributed by atoms with E-state index in [1.54, 1.807) is 7.11 Å². The molecule has 3 aromatic rings. The van der Waals surface area contributed by atoms with Crippen molar-refractivity contribution in [3.63, 3.8) is 0 Å². The lowest BCUT2D eigenvalue weighted by molar-refractivity contribution is -0.132. The predicted molar refractivity (Wildman–Crippen MR) is 130 cm³/mol. The van der Waals surface area contributed by atoms with Crippen LogP contribution in [0.4, 0.5) is 0 Å². The van der Waals surface area contributed by atoms with E-state index >= 15 is 0 Å². The van der Waals surface area contributed by atoms with Crippen molar-refractivity contribution in [2.24, 2.45) is 0 Å². The van der Waals surface area contributed by atoms with Crippen molar-refractivity contribution < 1.29 is 17.9 Å². The van der Waals surface area contributed by atoms with Crippen LogP contribution in [-0.4, -0.2) is 51.0 Å². The van der Waals surface area contributed by atoms with Gasteiger partial charge in [0.25, 0.3) is 0 Å². The molecule has 4 rings (SSSR count). The fourth-order valence-electron chi connectivity index (χ4n) is 4.26. The number of aromatic amines is 1. The van der Waals surface area contributed by atoms with Crippen LogP contribution in [0.15, 0.2) is 60.1 Å². The number of aromatic nitrogens is 1. The normalized spacial score (nSPS) is 15.4. The molecule has 0 spiro atoms. The Morgan fingerprint density at radius 1 is 1.18 bits per heavy atom. The summed E-state index contributed by atoms with van der Waals surface area (Å²) in [5.74, 6) is 1.18. The number of H-pyrrole nitrogens is 1. The number of benzene rings is 2. The molecule has 0 aliphatic carbocycles. The van der Waals surface area contributed by atoms with Gasteiger partial charge < -0.3 is 14.6 Å². The average molecular weight is 468 g/mol. The summed E-state index contributed by atoms with van der Waals surface area (Å²) in [4.78, 5) is 17.8. The second-order valence-electron chi connectivity index (χ2n) is 8.21. The minimum Gasteiger partial charge on any atom is -0.497 e. The second kappa shape index (κ2) is 10.2. The highest BCUT2D eigenvalue weighted by atomic mass is 32.2. The summed E-state index contributed by atoms with van der Waals surface area (Å²) in [6.45, 7) is 1.42. The molecule has 1 aliphatic heterocycles. The largest absolute Gasteiger partial charge is 0.497 e. The first kappa shape index (κ1) is 23.1. The summed E-state index contributed by atoms with van der Waals surface area (Å²) < 4.78 is 32.2. The monoisotopic (exact) mass is 467 g/mol. The molecule has 0 saturated carbocycles. The molecule has 0 bridgehead atoms. The Hall–Kier alpha value is -3.10. The van der Waals surface area contributed by atoms with Crippen LogP contribution >= 0.6 is 0 Å². The van der Waals surface area contributed by atoms with Gasteiger partial charge in [0, 0.05) is 48.6 Å². The number of ether oxygens (including phenoxy) is 1. The van der Waals surface area contributed by atoms with Gasteiger partial charge in [0.2, 0.25) is 15.9 Å². The minimum absolute atomic E-state index is 0.0243. The van der Waals surface area contributed by atoms with Crippen LogP contribution in [0.1, 0.15) is 36.3 Å². The van der Waals surface area contributed by atoms with Crippen LogP contribution in [0.25, 0.3) is 17.0 Å². The number of methoxy groups -OCH3 is 1. The lowest BCUT2D eigenvalue weighted by Gasteiger charge is -2.32. The van der Waals surface area contributed by atoms with Crippen molar-refractivity contribution in [3.8, 4) is 5.75 Å². The molecule has 1 saturated heterocycles. The molecule has 1 aromatic heterocycles. The van der Waals surface area contributed by atoms with Crippen LogP contribution in [0.2, 0.25) is 0 Å². The molecule has 2 N–H and O–H groups in total. The molecule has 7 nitrogen and oxygen atoms in total. The van der Waals surface area contributed by atoms with Crippen LogP contribution in [0, 0.1) is 0 Å². The van der Waals surface area contributed by atoms with Crippen molar-refractivity contribution in [3.05, 3.63) is 71.3 Å². The van der Waals surface area contributed by atoms with Gasteiger partial charge in [0.05, 0.1) is 7.11 Å². The van der Waals surface area contributed by atoms with Gasteiger partial charge in [0.15, 0.2) is 0 Å². The van der Waals surface area contributed by atoms with Crippen molar-refractivity contribution in [2.75, 3.05) is 26.7 Å². The molecular weight excluding hydrogens is 438 g/mol. The molecular formula is C25H29N3O4S. The van der Waals surface area contributed by atoms with Gasteiger partial charge in [-0.25, -0.2) is 13.1 Å². The van der Waals surface area contributed by atoms with E-state index in [1.165, 1.54) is 11.6 Å². The van der Waals surface area contributed by atoms with Gasteiger partial charge >= 0.3 is 0 Å². The third-order valence-corrected chi connectivity index (χ3v) is 7.19. The number of rotatable bonds is 8. The Kier molecular flexibility index (Phi) is 7.15. The number of piperidine rings is 1. The molecule has 1 fully saturated rings. The standard InChI is InChI=1S/C25H29N3O4S/c1-32-21-7-8-24-22(17-21)23(18-26-24)20-10-14-28(15-11-20)25(29)9-13-27-33(30,31)16-12-19-5-3-2-4-6-19/h2-8,12,16-18,20,26-27H,9-11,13-15H2,1H3/b16-12+. The first-order chi connectivity index (χ1) is 15.9. The molecule has 0 atom stereocenters. The number of nitrogens with one attached hydrogen (secondary N) is 2. The summed E-state index contributed by atoms with van der Waals surface area (Å²) in [5, 5.41) is 2.30. The summed E-state index contributed by atoms with van der Waals surface area (Å²) in [6.07, 6.45) is 5.50. The highest BCUT2D eigenvalue weighted by molar-refractivity contribution is 7.92. The number of likely N-dealkylation sites (tertiary alicyclic amines) is 1. The van der Waals surface area contributed by atoms with E-state index < -0.39 is 10.0 Å². The molecule has 2 aromatic carbocycles. The maximum atomic E-state index is 12.6. The Morgan fingerprint density at radius 3 is 2.67 bits per heavy atom. The van der Waals surface area contributed by atoms with Gasteiger partial charge in [-0.2, -0.15) is 0 Å². The van der Waals surface area contributed by atoms with E-state index in [-0.39, 0.29) is 18.9 Å². The second-order valence-corrected chi connectivity index (χ2v) is 9.86. The average Bonchev–Trinajstić information content (AvgIpc) is 3.26. The Morgan fingerprint density at radius 2 is 1.94 bits per heavy atom. The SMILES string of the molecule is COc1ccc2[nH]cc(C3CCN(C(=O)CCNS(=O)(=O)/C=C/c4ccccc4)CC3)c2c1. The third kappa shape index (κ3) is 5.83. The minimum atomic E-state index is -3.59. The molecule has 1 amide bonds. The van der Waals surface area contributed by atoms with Crippen LogP contribution in [0.5, 0.6) is 5.75 Å². The fourth-order valence-corrected chi connectivity index (χ4v) is 5.08. The third-order valence-electron chi connectivity index (χ3n) is 6.09. The first-order valence-electron chi connectivity index (χ1n) is 11.1. The number of carbonyl (C=O) groups excluding carboxylic acids is 1. The van der Waals surface area contributed by atoms with Crippen molar-refractivity contribution >= 4 is 32.9 Å². The smallest absolute Gasteiger partial charge is 0.233 e. The lowest BCUT2D eigenvalue weighted by atomic mass is 9.89. The quantitative estimate of drug-likeness (QED) is 0.526. The number of carbonyl (C=O) groups is 1. The zero-order valence-corrected chi connectivity index (χ0v) is 19.5. The van der Waals surface area contributed by atoms with Crippen molar-refractivity contribution in [1.29, 1.82) is 0 Å². The van der Waals surface area contributed by atoms with Gasteiger partial charge in [-0.1, -0.05) is 30.3 Å². The molecule has 2 heterocycles. The van der Waals surface area contributed by atoms with E-state index in [0.29, 0.717) is 19.0 Å². The summed E-state index contributed by atoms with van der Waals surface area (Å²) in [7, 11) is -1.92. The molecule has 174 valence electrons. The molecule has 0 radical (unpaired) electrons. The predicted octanol–water partition coefficient (Wildman–Crippen LogP) is 3.86. The zero-order chi connectivity index (χ0) is 23.3. The van der Waals surface area contributed by atoms with Gasteiger partial charge in [-0.3, -0.25) is 4.79 Å². The highest BCUT2D eigenvalue weighted by Gasteiger charge is 2.25. The maximum Gasteiger partial charge on any atom is 0.233 e. The zero-order valence-electron chi connectivity index (χ0n) is 18.7. The van der Waals surface area contributed by atoms with E-state index in [2.05, 4.69) is 22.0 Å². The van der Waals surface area contributed by atoms with E-state index in [4.69, 9.17) is 4.74 Å². The van der Waals surface area contributed by atoms with Crippen molar-refractivity contribution in [2.45, 2.75) is 25.2 Å². The van der Waals surface area contributed by atoms with Crippen LogP contribution < -0.4 is 9.46 Å². The highest BCUT2D eigenvalue weighted by Crippen LogP contribution is 2.34. The Bertz CT molecular complexity index is 1230. The maximum absolute atomic E-state index is 12.6. The van der Waals surface area contributed by atoms with E-state index in [1.807, 2.05) is 47.4 Å². The molecule has 33 heavy (non-hydrogen) atoms.